The highest BCUT2D eigenvalue weighted by atomic mass is 19.4. The number of hydrogen-bond donors (Lipinski definition) is 0. The maximum Gasteiger partial charge on any atom is 0.508 e. The van der Waals surface area contributed by atoms with Crippen molar-refractivity contribution in [3.63, 3.8) is 0 Å². The summed E-state index contributed by atoms with van der Waals surface area (Å²) < 4.78 is 192. The number of carbonyl (C=O) groups excluding carboxylic acids is 1. The average molecular weight is 472 g/mol. The minimum Gasteiger partial charge on any atom is -0.434 e. The third-order valence-electron chi connectivity index (χ3n) is 2.89. The minimum absolute atomic E-state index is 2.11. The Hall–Kier alpha value is -1.78. The summed E-state index contributed by atoms with van der Waals surface area (Å²) in [5.74, 6) is -25.8. The SMILES string of the molecule is O=C(OCCC(F)(F)C(F)(F)C(F)(F)C(F)(F)F)OCC(F)(F)C(F)C(F)(F)F. The van der Waals surface area contributed by atoms with Gasteiger partial charge in [-0.25, -0.2) is 9.18 Å². The molecule has 0 amide bonds. The monoisotopic (exact) mass is 472 g/mol. The van der Waals surface area contributed by atoms with Crippen LogP contribution < -0.4 is 0 Å². The molecule has 0 aliphatic heterocycles. The molecule has 174 valence electrons. The van der Waals surface area contributed by atoms with Crippen LogP contribution in [0.25, 0.3) is 0 Å². The van der Waals surface area contributed by atoms with E-state index in [1.807, 2.05) is 0 Å². The van der Waals surface area contributed by atoms with Gasteiger partial charge in [0.1, 0.15) is 6.61 Å². The molecule has 1 atom stereocenters. The van der Waals surface area contributed by atoms with Crippen LogP contribution in [0, 0.1) is 0 Å². The largest absolute Gasteiger partial charge is 0.508 e. The molecular weight excluding hydrogens is 465 g/mol. The van der Waals surface area contributed by atoms with Gasteiger partial charge in [-0.2, -0.15) is 61.5 Å². The summed E-state index contributed by atoms with van der Waals surface area (Å²) in [6.07, 6.45) is -23.3. The molecule has 3 nitrogen and oxygen atoms in total. The molecule has 0 aliphatic rings. The molecule has 0 aromatic rings. The molecule has 0 radical (unpaired) electrons. The van der Waals surface area contributed by atoms with Crippen LogP contribution >= 0.6 is 0 Å². The third-order valence-corrected chi connectivity index (χ3v) is 2.89. The van der Waals surface area contributed by atoms with Crippen LogP contribution in [0.3, 0.4) is 0 Å². The Morgan fingerprint density at radius 2 is 1.17 bits per heavy atom. The van der Waals surface area contributed by atoms with Gasteiger partial charge in [0, 0.05) is 0 Å². The Morgan fingerprint density at radius 3 is 1.55 bits per heavy atom. The normalized spacial score (nSPS) is 15.8. The number of rotatable bonds is 8. The van der Waals surface area contributed by atoms with E-state index in [2.05, 4.69) is 9.47 Å². The van der Waals surface area contributed by atoms with E-state index >= 15 is 0 Å². The quantitative estimate of drug-likeness (QED) is 0.344. The number of carbonyl (C=O) groups is 1. The molecule has 0 saturated carbocycles. The molecule has 0 rings (SSSR count). The molecule has 0 N–H and O–H groups in total. The fourth-order valence-corrected chi connectivity index (χ4v) is 1.34. The standard InChI is InChI=1S/C11H7F15O3/c12-4(8(17,18)19)6(13,14)3-29-5(27)28-2-1-7(15,16)9(20,21)10(22,23)11(24,25)26/h4H,1-3H2. The van der Waals surface area contributed by atoms with Crippen molar-refractivity contribution in [2.24, 2.45) is 0 Å². The summed E-state index contributed by atoms with van der Waals surface area (Å²) in [7, 11) is 0. The van der Waals surface area contributed by atoms with Gasteiger partial charge in [-0.1, -0.05) is 0 Å². The van der Waals surface area contributed by atoms with Gasteiger partial charge in [0.05, 0.1) is 6.42 Å². The smallest absolute Gasteiger partial charge is 0.434 e. The van der Waals surface area contributed by atoms with Crippen molar-refractivity contribution in [2.75, 3.05) is 13.2 Å². The first-order valence-electron chi connectivity index (χ1n) is 6.59. The maximum absolute atomic E-state index is 13.0. The van der Waals surface area contributed by atoms with Gasteiger partial charge in [0.15, 0.2) is 6.61 Å². The van der Waals surface area contributed by atoms with Crippen LogP contribution in [0.4, 0.5) is 70.7 Å². The lowest BCUT2D eigenvalue weighted by molar-refractivity contribution is -0.397. The summed E-state index contributed by atoms with van der Waals surface area (Å²) in [6.45, 7) is -4.77. The van der Waals surface area contributed by atoms with Crippen molar-refractivity contribution in [3.8, 4) is 0 Å². The number of alkyl halides is 15. The second kappa shape index (κ2) is 8.16. The molecule has 0 fully saturated rings. The zero-order chi connectivity index (χ0) is 23.7. The van der Waals surface area contributed by atoms with Crippen LogP contribution in [0.1, 0.15) is 6.42 Å². The van der Waals surface area contributed by atoms with E-state index in [0.29, 0.717) is 0 Å². The van der Waals surface area contributed by atoms with Crippen LogP contribution in [0.15, 0.2) is 0 Å². The Labute approximate surface area is 149 Å². The van der Waals surface area contributed by atoms with Crippen molar-refractivity contribution in [1.82, 2.24) is 0 Å². The van der Waals surface area contributed by atoms with E-state index in [0.717, 1.165) is 0 Å². The van der Waals surface area contributed by atoms with Crippen molar-refractivity contribution >= 4 is 6.16 Å². The average Bonchev–Trinajstić information content (AvgIpc) is 2.49. The summed E-state index contributed by atoms with van der Waals surface area (Å²) in [4.78, 5) is 10.7. The van der Waals surface area contributed by atoms with E-state index in [1.54, 1.807) is 0 Å². The fraction of sp³-hybridized carbons (Fsp3) is 0.909. The van der Waals surface area contributed by atoms with Crippen molar-refractivity contribution in [2.45, 2.75) is 48.6 Å². The second-order valence-electron chi connectivity index (χ2n) is 5.15. The predicted octanol–water partition coefficient (Wildman–Crippen LogP) is 5.53. The number of halogens is 15. The molecule has 0 aromatic carbocycles. The number of ether oxygens (including phenoxy) is 2. The molecule has 0 saturated heterocycles. The van der Waals surface area contributed by atoms with Crippen LogP contribution in [-0.4, -0.2) is 61.6 Å². The van der Waals surface area contributed by atoms with E-state index in [1.165, 1.54) is 0 Å². The first-order chi connectivity index (χ1) is 12.5. The molecule has 0 heterocycles. The third kappa shape index (κ3) is 6.10. The fourth-order valence-electron chi connectivity index (χ4n) is 1.34. The van der Waals surface area contributed by atoms with Gasteiger partial charge in [-0.15, -0.1) is 0 Å². The van der Waals surface area contributed by atoms with Crippen molar-refractivity contribution < 1.29 is 80.1 Å². The highest BCUT2D eigenvalue weighted by Crippen LogP contribution is 2.54. The first kappa shape index (κ1) is 27.2. The summed E-state index contributed by atoms with van der Waals surface area (Å²) in [6, 6.07) is 0. The van der Waals surface area contributed by atoms with E-state index < -0.39 is 68.0 Å². The molecule has 0 aliphatic carbocycles. The van der Waals surface area contributed by atoms with E-state index in [-0.39, 0.29) is 0 Å². The maximum atomic E-state index is 13.0. The van der Waals surface area contributed by atoms with Gasteiger partial charge < -0.3 is 9.47 Å². The highest BCUT2D eigenvalue weighted by molar-refractivity contribution is 5.59. The van der Waals surface area contributed by atoms with Crippen molar-refractivity contribution in [1.29, 1.82) is 0 Å². The number of hydrogen-bond acceptors (Lipinski definition) is 3. The van der Waals surface area contributed by atoms with Gasteiger partial charge in [-0.05, 0) is 0 Å². The second-order valence-corrected chi connectivity index (χ2v) is 5.15. The van der Waals surface area contributed by atoms with Gasteiger partial charge >= 0.3 is 42.2 Å². The molecule has 29 heavy (non-hydrogen) atoms. The molecule has 0 spiro atoms. The first-order valence-corrected chi connectivity index (χ1v) is 6.59. The summed E-state index contributed by atoms with van der Waals surface area (Å²) in [5.41, 5.74) is 0. The lowest BCUT2D eigenvalue weighted by atomic mass is 10.0. The minimum atomic E-state index is -7.22. The van der Waals surface area contributed by atoms with Crippen LogP contribution in [0.2, 0.25) is 0 Å². The Balaban J connectivity index is 4.85. The lowest BCUT2D eigenvalue weighted by Gasteiger charge is -2.33. The summed E-state index contributed by atoms with van der Waals surface area (Å²) >= 11 is 0. The molecule has 0 bridgehead atoms. The molecular formula is C11H7F15O3. The van der Waals surface area contributed by atoms with Crippen molar-refractivity contribution in [3.05, 3.63) is 0 Å². The highest BCUT2D eigenvalue weighted by Gasteiger charge is 2.81. The molecule has 18 heteroatoms. The molecule has 0 aromatic heterocycles. The Bertz CT molecular complexity index is 565. The van der Waals surface area contributed by atoms with E-state index in [4.69, 9.17) is 0 Å². The van der Waals surface area contributed by atoms with Crippen LogP contribution in [0.5, 0.6) is 0 Å². The zero-order valence-electron chi connectivity index (χ0n) is 13.1. The van der Waals surface area contributed by atoms with E-state index in [9.17, 15) is 70.7 Å². The van der Waals surface area contributed by atoms with Gasteiger partial charge in [-0.3, -0.25) is 0 Å². The topological polar surface area (TPSA) is 35.5 Å². The lowest BCUT2D eigenvalue weighted by Crippen LogP contribution is -2.61. The Kier molecular flexibility index (Phi) is 7.66. The van der Waals surface area contributed by atoms with Crippen LogP contribution in [-0.2, 0) is 9.47 Å². The zero-order valence-corrected chi connectivity index (χ0v) is 13.1. The Morgan fingerprint density at radius 1 is 0.724 bits per heavy atom. The van der Waals surface area contributed by atoms with Gasteiger partial charge in [0.2, 0.25) is 0 Å². The van der Waals surface area contributed by atoms with Gasteiger partial charge in [0.25, 0.3) is 6.17 Å². The molecule has 1 unspecified atom stereocenters. The predicted molar refractivity (Wildman–Crippen MR) is 58.7 cm³/mol. The summed E-state index contributed by atoms with van der Waals surface area (Å²) in [5, 5.41) is 0.